The van der Waals surface area contributed by atoms with Crippen LogP contribution in [0.1, 0.15) is 46.0 Å². The number of nitrogens with zero attached hydrogens (tertiary/aromatic N) is 1. The Morgan fingerprint density at radius 2 is 1.88 bits per heavy atom. The van der Waals surface area contributed by atoms with E-state index in [1.807, 2.05) is 0 Å². The fourth-order valence-electron chi connectivity index (χ4n) is 2.22. The molecule has 0 amide bonds. The van der Waals surface area contributed by atoms with Crippen LogP contribution in [0.15, 0.2) is 0 Å². The fourth-order valence-corrected chi connectivity index (χ4v) is 2.22. The molecule has 0 N–H and O–H groups in total. The molecule has 3 heteroatoms. The highest BCUT2D eigenvalue weighted by Gasteiger charge is 2.24. The van der Waals surface area contributed by atoms with Gasteiger partial charge in [-0.1, -0.05) is 26.7 Å². The Morgan fingerprint density at radius 3 is 2.41 bits per heavy atom. The average Bonchev–Trinajstić information content (AvgIpc) is 2.35. The van der Waals surface area contributed by atoms with Crippen LogP contribution in [0, 0.1) is 5.92 Å². The van der Waals surface area contributed by atoms with Crippen molar-refractivity contribution in [3.8, 4) is 0 Å². The van der Waals surface area contributed by atoms with E-state index in [1.54, 1.807) is 0 Å². The van der Waals surface area contributed by atoms with Crippen LogP contribution in [0.4, 0.5) is 0 Å². The molecule has 0 aliphatic carbocycles. The van der Waals surface area contributed by atoms with Gasteiger partial charge in [-0.25, -0.2) is 0 Å². The van der Waals surface area contributed by atoms with E-state index in [0.717, 1.165) is 19.6 Å². The molecule has 0 aromatic rings. The van der Waals surface area contributed by atoms with Crippen molar-refractivity contribution < 1.29 is 9.53 Å². The number of unbranched alkanes of at least 4 members (excludes halogenated alkanes) is 2. The first-order chi connectivity index (χ1) is 8.27. The maximum absolute atomic E-state index is 11.8. The third-order valence-electron chi connectivity index (χ3n) is 3.40. The van der Waals surface area contributed by atoms with Crippen molar-refractivity contribution in [3.63, 3.8) is 0 Å². The third-order valence-corrected chi connectivity index (χ3v) is 3.40. The van der Waals surface area contributed by atoms with Crippen LogP contribution >= 0.6 is 0 Å². The molecule has 1 saturated heterocycles. The molecule has 0 bridgehead atoms. The third kappa shape index (κ3) is 5.64. The zero-order valence-electron chi connectivity index (χ0n) is 11.4. The molecule has 100 valence electrons. The van der Waals surface area contributed by atoms with Gasteiger partial charge in [0.2, 0.25) is 0 Å². The SMILES string of the molecule is CCCCN(CCCC)CC1COCCC1=O. The van der Waals surface area contributed by atoms with Crippen LogP contribution in [0.3, 0.4) is 0 Å². The van der Waals surface area contributed by atoms with E-state index in [4.69, 9.17) is 4.74 Å². The van der Waals surface area contributed by atoms with Crippen molar-refractivity contribution in [2.45, 2.75) is 46.0 Å². The molecule has 0 saturated carbocycles. The van der Waals surface area contributed by atoms with Crippen molar-refractivity contribution in [2.75, 3.05) is 32.8 Å². The lowest BCUT2D eigenvalue weighted by atomic mass is 9.99. The maximum atomic E-state index is 11.8. The summed E-state index contributed by atoms with van der Waals surface area (Å²) in [5.74, 6) is 0.520. The summed E-state index contributed by atoms with van der Waals surface area (Å²) >= 11 is 0. The Hall–Kier alpha value is -0.410. The molecule has 1 rings (SSSR count). The van der Waals surface area contributed by atoms with Crippen LogP contribution in [0.5, 0.6) is 0 Å². The summed E-state index contributed by atoms with van der Waals surface area (Å²) in [4.78, 5) is 14.2. The second-order valence-corrected chi connectivity index (χ2v) is 5.00. The van der Waals surface area contributed by atoms with Crippen LogP contribution in [0.2, 0.25) is 0 Å². The highest BCUT2D eigenvalue weighted by Crippen LogP contribution is 2.12. The first-order valence-corrected chi connectivity index (χ1v) is 7.10. The Labute approximate surface area is 106 Å². The van der Waals surface area contributed by atoms with E-state index in [1.165, 1.54) is 25.7 Å². The molecule has 0 aromatic carbocycles. The minimum Gasteiger partial charge on any atom is -0.380 e. The summed E-state index contributed by atoms with van der Waals surface area (Å²) in [6, 6.07) is 0. The zero-order valence-corrected chi connectivity index (χ0v) is 11.4. The largest absolute Gasteiger partial charge is 0.380 e. The molecule has 3 nitrogen and oxygen atoms in total. The van der Waals surface area contributed by atoms with E-state index in [9.17, 15) is 4.79 Å². The molecule has 1 aliphatic heterocycles. The lowest BCUT2D eigenvalue weighted by Gasteiger charge is -2.28. The molecule has 1 unspecified atom stereocenters. The van der Waals surface area contributed by atoms with E-state index in [2.05, 4.69) is 18.7 Å². The molecule has 1 fully saturated rings. The number of hydrogen-bond acceptors (Lipinski definition) is 3. The van der Waals surface area contributed by atoms with Gasteiger partial charge in [-0.3, -0.25) is 4.79 Å². The molecular formula is C14H27NO2. The first kappa shape index (κ1) is 14.7. The highest BCUT2D eigenvalue weighted by molar-refractivity contribution is 5.82. The fraction of sp³-hybridized carbons (Fsp3) is 0.929. The standard InChI is InChI=1S/C14H27NO2/c1-3-5-8-15(9-6-4-2)11-13-12-17-10-7-14(13)16/h13H,3-12H2,1-2H3. The predicted molar refractivity (Wildman–Crippen MR) is 70.2 cm³/mol. The molecule has 1 aliphatic rings. The van der Waals surface area contributed by atoms with Gasteiger partial charge in [-0.15, -0.1) is 0 Å². The number of carbonyl (C=O) groups excluding carboxylic acids is 1. The van der Waals surface area contributed by atoms with Crippen molar-refractivity contribution >= 4 is 5.78 Å². The van der Waals surface area contributed by atoms with Gasteiger partial charge in [0, 0.05) is 13.0 Å². The van der Waals surface area contributed by atoms with Gasteiger partial charge >= 0.3 is 0 Å². The maximum Gasteiger partial charge on any atom is 0.141 e. The van der Waals surface area contributed by atoms with Gasteiger partial charge in [-0.05, 0) is 25.9 Å². The van der Waals surface area contributed by atoms with Crippen LogP contribution in [-0.2, 0) is 9.53 Å². The second-order valence-electron chi connectivity index (χ2n) is 5.00. The summed E-state index contributed by atoms with van der Waals surface area (Å²) in [5.41, 5.74) is 0. The average molecular weight is 241 g/mol. The van der Waals surface area contributed by atoms with Crippen molar-refractivity contribution in [3.05, 3.63) is 0 Å². The Morgan fingerprint density at radius 1 is 1.24 bits per heavy atom. The topological polar surface area (TPSA) is 29.5 Å². The smallest absolute Gasteiger partial charge is 0.141 e. The number of carbonyl (C=O) groups is 1. The zero-order chi connectivity index (χ0) is 12.5. The Kier molecular flexibility index (Phi) is 7.45. The van der Waals surface area contributed by atoms with Gasteiger partial charge < -0.3 is 9.64 Å². The van der Waals surface area contributed by atoms with E-state index in [0.29, 0.717) is 25.4 Å². The number of ether oxygens (including phenoxy) is 1. The first-order valence-electron chi connectivity index (χ1n) is 7.10. The molecule has 17 heavy (non-hydrogen) atoms. The van der Waals surface area contributed by atoms with Gasteiger partial charge in [0.05, 0.1) is 19.1 Å². The predicted octanol–water partition coefficient (Wildman–Crippen LogP) is 2.49. The number of ketones is 1. The number of Topliss-reactive ketones (excluding diaryl/α,β-unsaturated/α-hetero) is 1. The summed E-state index contributed by atoms with van der Waals surface area (Å²) in [5, 5.41) is 0. The molecule has 0 radical (unpaired) electrons. The molecule has 0 aromatic heterocycles. The monoisotopic (exact) mass is 241 g/mol. The Bertz CT molecular complexity index is 210. The molecule has 1 heterocycles. The van der Waals surface area contributed by atoms with Crippen molar-refractivity contribution in [1.29, 1.82) is 0 Å². The Balaban J connectivity index is 2.36. The summed E-state index contributed by atoms with van der Waals surface area (Å²) in [6.07, 6.45) is 5.51. The van der Waals surface area contributed by atoms with Crippen LogP contribution < -0.4 is 0 Å². The summed E-state index contributed by atoms with van der Waals surface area (Å²) < 4.78 is 5.41. The minimum atomic E-state index is 0.123. The van der Waals surface area contributed by atoms with Gasteiger partial charge in [0.15, 0.2) is 0 Å². The number of hydrogen-bond donors (Lipinski definition) is 0. The second kappa shape index (κ2) is 8.65. The van der Waals surface area contributed by atoms with Crippen LogP contribution in [-0.4, -0.2) is 43.5 Å². The van der Waals surface area contributed by atoms with E-state index in [-0.39, 0.29) is 5.92 Å². The molecular weight excluding hydrogens is 214 g/mol. The summed E-state index contributed by atoms with van der Waals surface area (Å²) in [6.45, 7) is 8.84. The summed E-state index contributed by atoms with van der Waals surface area (Å²) in [7, 11) is 0. The lowest BCUT2D eigenvalue weighted by Crippen LogP contribution is -2.39. The van der Waals surface area contributed by atoms with Gasteiger partial charge in [0.1, 0.15) is 5.78 Å². The van der Waals surface area contributed by atoms with Crippen LogP contribution in [0.25, 0.3) is 0 Å². The number of rotatable bonds is 8. The van der Waals surface area contributed by atoms with Crippen molar-refractivity contribution in [1.82, 2.24) is 4.90 Å². The normalized spacial score (nSPS) is 21.1. The molecule has 1 atom stereocenters. The van der Waals surface area contributed by atoms with Crippen molar-refractivity contribution in [2.24, 2.45) is 5.92 Å². The van der Waals surface area contributed by atoms with E-state index >= 15 is 0 Å². The quantitative estimate of drug-likeness (QED) is 0.654. The lowest BCUT2D eigenvalue weighted by molar-refractivity contribution is -0.131. The van der Waals surface area contributed by atoms with E-state index < -0.39 is 0 Å². The van der Waals surface area contributed by atoms with Gasteiger partial charge in [0.25, 0.3) is 0 Å². The van der Waals surface area contributed by atoms with Gasteiger partial charge in [-0.2, -0.15) is 0 Å². The molecule has 0 spiro atoms. The minimum absolute atomic E-state index is 0.123. The highest BCUT2D eigenvalue weighted by atomic mass is 16.5.